The highest BCUT2D eigenvalue weighted by Crippen LogP contribution is 2.20. The van der Waals surface area contributed by atoms with Crippen LogP contribution < -0.4 is 0 Å². The summed E-state index contributed by atoms with van der Waals surface area (Å²) in [5.41, 5.74) is 3.17. The topological polar surface area (TPSA) is 34.9 Å². The summed E-state index contributed by atoms with van der Waals surface area (Å²) in [5.74, 6) is 0.137. The zero-order valence-electron chi connectivity index (χ0n) is 10.6. The smallest absolute Gasteiger partial charge is 0.182 e. The molecule has 0 unspecified atom stereocenters. The van der Waals surface area contributed by atoms with Gasteiger partial charge in [0.05, 0.1) is 18.6 Å². The second-order valence-electron chi connectivity index (χ2n) is 4.90. The highest BCUT2D eigenvalue weighted by Gasteiger charge is 2.17. The third-order valence-corrected chi connectivity index (χ3v) is 4.12. The lowest BCUT2D eigenvalue weighted by atomic mass is 10.0. The second-order valence-corrected chi connectivity index (χ2v) is 5.82. The third kappa shape index (κ3) is 2.63. The minimum absolute atomic E-state index is 0.137. The fourth-order valence-electron chi connectivity index (χ4n) is 2.55. The van der Waals surface area contributed by atoms with E-state index in [4.69, 9.17) is 0 Å². The maximum absolute atomic E-state index is 12.2. The van der Waals surface area contributed by atoms with Gasteiger partial charge < -0.3 is 4.57 Å². The molecule has 0 amide bonds. The molecule has 0 saturated carbocycles. The molecule has 0 bridgehead atoms. The van der Waals surface area contributed by atoms with Gasteiger partial charge in [0.1, 0.15) is 0 Å². The number of aromatic nitrogens is 2. The SMILES string of the molecule is O=C(Cn1cnc2c1CCCC2)c1ccc(Br)cc1. The number of rotatable bonds is 3. The van der Waals surface area contributed by atoms with E-state index in [1.165, 1.54) is 24.2 Å². The molecule has 1 aromatic carbocycles. The van der Waals surface area contributed by atoms with Crippen molar-refractivity contribution in [1.82, 2.24) is 9.55 Å². The van der Waals surface area contributed by atoms with E-state index in [1.54, 1.807) is 0 Å². The summed E-state index contributed by atoms with van der Waals surface area (Å²) in [6.45, 7) is 0.393. The van der Waals surface area contributed by atoms with E-state index < -0.39 is 0 Å². The van der Waals surface area contributed by atoms with Crippen molar-refractivity contribution < 1.29 is 4.79 Å². The van der Waals surface area contributed by atoms with Gasteiger partial charge in [0, 0.05) is 15.7 Å². The van der Waals surface area contributed by atoms with Crippen molar-refractivity contribution in [3.05, 3.63) is 52.0 Å². The van der Waals surface area contributed by atoms with Crippen LogP contribution in [0.3, 0.4) is 0 Å². The molecule has 0 aliphatic heterocycles. The summed E-state index contributed by atoms with van der Waals surface area (Å²) < 4.78 is 3.00. The van der Waals surface area contributed by atoms with Crippen LogP contribution in [0.4, 0.5) is 0 Å². The number of carbonyl (C=O) groups excluding carboxylic acids is 1. The molecule has 1 aromatic heterocycles. The normalized spacial score (nSPS) is 14.2. The van der Waals surface area contributed by atoms with Crippen molar-refractivity contribution in [2.45, 2.75) is 32.2 Å². The van der Waals surface area contributed by atoms with Crippen molar-refractivity contribution in [3.8, 4) is 0 Å². The highest BCUT2D eigenvalue weighted by atomic mass is 79.9. The van der Waals surface area contributed by atoms with Gasteiger partial charge in [-0.2, -0.15) is 0 Å². The molecule has 3 rings (SSSR count). The molecule has 4 heteroatoms. The number of nitrogens with zero attached hydrogens (tertiary/aromatic N) is 2. The number of imidazole rings is 1. The minimum Gasteiger partial charge on any atom is -0.327 e. The standard InChI is InChI=1S/C15H15BrN2O/c16-12-7-5-11(6-8-12)15(19)9-18-10-17-13-3-1-2-4-14(13)18/h5-8,10H,1-4,9H2. The lowest BCUT2D eigenvalue weighted by molar-refractivity contribution is 0.0971. The predicted octanol–water partition coefficient (Wildman–Crippen LogP) is 3.41. The van der Waals surface area contributed by atoms with Crippen molar-refractivity contribution in [2.75, 3.05) is 0 Å². The fourth-order valence-corrected chi connectivity index (χ4v) is 2.81. The summed E-state index contributed by atoms with van der Waals surface area (Å²) >= 11 is 3.38. The van der Waals surface area contributed by atoms with E-state index in [2.05, 4.69) is 20.9 Å². The Hall–Kier alpha value is -1.42. The van der Waals surface area contributed by atoms with Gasteiger partial charge in [-0.25, -0.2) is 4.98 Å². The molecule has 1 heterocycles. The van der Waals surface area contributed by atoms with E-state index >= 15 is 0 Å². The Morgan fingerprint density at radius 2 is 1.95 bits per heavy atom. The average molecular weight is 319 g/mol. The Morgan fingerprint density at radius 3 is 2.74 bits per heavy atom. The number of halogens is 1. The molecule has 0 saturated heterocycles. The number of hydrogen-bond donors (Lipinski definition) is 0. The molecule has 0 N–H and O–H groups in total. The Bertz CT molecular complexity index is 601. The largest absolute Gasteiger partial charge is 0.327 e. The van der Waals surface area contributed by atoms with E-state index in [9.17, 15) is 4.79 Å². The Kier molecular flexibility index (Phi) is 3.51. The van der Waals surface area contributed by atoms with Crippen molar-refractivity contribution in [1.29, 1.82) is 0 Å². The lowest BCUT2D eigenvalue weighted by Crippen LogP contribution is -2.14. The van der Waals surface area contributed by atoms with Crippen LogP contribution in [0.1, 0.15) is 34.6 Å². The lowest BCUT2D eigenvalue weighted by Gasteiger charge is -2.13. The van der Waals surface area contributed by atoms with Crippen LogP contribution in [0, 0.1) is 0 Å². The van der Waals surface area contributed by atoms with Gasteiger partial charge in [-0.15, -0.1) is 0 Å². The number of carbonyl (C=O) groups is 1. The van der Waals surface area contributed by atoms with Gasteiger partial charge in [-0.05, 0) is 37.8 Å². The Morgan fingerprint density at radius 1 is 1.21 bits per heavy atom. The molecule has 2 aromatic rings. The fraction of sp³-hybridized carbons (Fsp3) is 0.333. The molecule has 0 spiro atoms. The molecular weight excluding hydrogens is 304 g/mol. The molecular formula is C15H15BrN2O. The number of benzene rings is 1. The monoisotopic (exact) mass is 318 g/mol. The third-order valence-electron chi connectivity index (χ3n) is 3.59. The first-order chi connectivity index (χ1) is 9.24. The van der Waals surface area contributed by atoms with Crippen molar-refractivity contribution in [2.24, 2.45) is 0 Å². The second kappa shape index (κ2) is 5.29. The number of Topliss-reactive ketones (excluding diaryl/α,β-unsaturated/α-hetero) is 1. The van der Waals surface area contributed by atoms with Gasteiger partial charge in [0.2, 0.25) is 0 Å². The van der Waals surface area contributed by atoms with Gasteiger partial charge >= 0.3 is 0 Å². The van der Waals surface area contributed by atoms with E-state index in [1.807, 2.05) is 35.2 Å². The van der Waals surface area contributed by atoms with Gasteiger partial charge in [0.15, 0.2) is 5.78 Å². The summed E-state index contributed by atoms with van der Waals surface area (Å²) in [7, 11) is 0. The molecule has 0 fully saturated rings. The number of aryl methyl sites for hydroxylation is 1. The number of fused-ring (bicyclic) bond motifs is 1. The number of ketones is 1. The molecule has 0 atom stereocenters. The van der Waals surface area contributed by atoms with Crippen molar-refractivity contribution in [3.63, 3.8) is 0 Å². The van der Waals surface area contributed by atoms with Crippen molar-refractivity contribution >= 4 is 21.7 Å². The average Bonchev–Trinajstić information content (AvgIpc) is 2.83. The van der Waals surface area contributed by atoms with Crippen LogP contribution in [0.2, 0.25) is 0 Å². The van der Waals surface area contributed by atoms with E-state index in [-0.39, 0.29) is 5.78 Å². The first-order valence-electron chi connectivity index (χ1n) is 6.55. The Labute approximate surface area is 120 Å². The molecule has 19 heavy (non-hydrogen) atoms. The molecule has 0 radical (unpaired) electrons. The molecule has 1 aliphatic carbocycles. The zero-order valence-corrected chi connectivity index (χ0v) is 12.2. The highest BCUT2D eigenvalue weighted by molar-refractivity contribution is 9.10. The summed E-state index contributed by atoms with van der Waals surface area (Å²) in [6.07, 6.45) is 6.32. The van der Waals surface area contributed by atoms with Crippen LogP contribution >= 0.6 is 15.9 Å². The number of hydrogen-bond acceptors (Lipinski definition) is 2. The summed E-state index contributed by atoms with van der Waals surface area (Å²) in [4.78, 5) is 16.7. The van der Waals surface area contributed by atoms with E-state index in [0.29, 0.717) is 6.54 Å². The first-order valence-corrected chi connectivity index (χ1v) is 7.35. The zero-order chi connectivity index (χ0) is 13.2. The van der Waals surface area contributed by atoms with Crippen LogP contribution in [0.15, 0.2) is 35.1 Å². The van der Waals surface area contributed by atoms with Crippen LogP contribution in [-0.2, 0) is 19.4 Å². The maximum Gasteiger partial charge on any atom is 0.182 e. The Balaban J connectivity index is 1.79. The van der Waals surface area contributed by atoms with Gasteiger partial charge in [-0.1, -0.05) is 28.1 Å². The molecule has 1 aliphatic rings. The first kappa shape index (κ1) is 12.6. The molecule has 3 nitrogen and oxygen atoms in total. The quantitative estimate of drug-likeness (QED) is 0.813. The van der Waals surface area contributed by atoms with E-state index in [0.717, 1.165) is 22.9 Å². The summed E-state index contributed by atoms with van der Waals surface area (Å²) in [6, 6.07) is 7.51. The van der Waals surface area contributed by atoms with Crippen LogP contribution in [0.25, 0.3) is 0 Å². The molecule has 98 valence electrons. The summed E-state index contributed by atoms with van der Waals surface area (Å²) in [5, 5.41) is 0. The van der Waals surface area contributed by atoms with Gasteiger partial charge in [-0.3, -0.25) is 4.79 Å². The van der Waals surface area contributed by atoms with Crippen LogP contribution in [-0.4, -0.2) is 15.3 Å². The maximum atomic E-state index is 12.2. The predicted molar refractivity (Wildman–Crippen MR) is 77.3 cm³/mol. The minimum atomic E-state index is 0.137. The van der Waals surface area contributed by atoms with Gasteiger partial charge in [0.25, 0.3) is 0 Å². The van der Waals surface area contributed by atoms with Crippen LogP contribution in [0.5, 0.6) is 0 Å².